The Kier molecular flexibility index (Phi) is 4.61. The summed E-state index contributed by atoms with van der Waals surface area (Å²) in [6.07, 6.45) is 2.65. The fourth-order valence-corrected chi connectivity index (χ4v) is 3.45. The predicted molar refractivity (Wildman–Crippen MR) is 73.3 cm³/mol. The summed E-state index contributed by atoms with van der Waals surface area (Å²) in [6, 6.07) is 0. The van der Waals surface area contributed by atoms with E-state index in [1.165, 1.54) is 19.4 Å². The van der Waals surface area contributed by atoms with Crippen molar-refractivity contribution in [1.82, 2.24) is 10.3 Å². The zero-order valence-corrected chi connectivity index (χ0v) is 12.0. The Morgan fingerprint density at radius 3 is 3.12 bits per heavy atom. The highest BCUT2D eigenvalue weighted by molar-refractivity contribution is 9.10. The highest BCUT2D eigenvalue weighted by Gasteiger charge is 2.17. The molecule has 0 radical (unpaired) electrons. The molecule has 1 aromatic heterocycles. The average molecular weight is 304 g/mol. The molecule has 3 nitrogen and oxygen atoms in total. The number of piperidine rings is 1. The van der Waals surface area contributed by atoms with Gasteiger partial charge < -0.3 is 10.2 Å². The van der Waals surface area contributed by atoms with Crippen molar-refractivity contribution in [2.75, 3.05) is 31.1 Å². The van der Waals surface area contributed by atoms with Crippen molar-refractivity contribution in [2.24, 2.45) is 5.92 Å². The fraction of sp³-hybridized carbons (Fsp3) is 0.727. The Balaban J connectivity index is 1.94. The molecule has 1 aliphatic heterocycles. The summed E-state index contributed by atoms with van der Waals surface area (Å²) in [5.41, 5.74) is 0. The van der Waals surface area contributed by atoms with Crippen LogP contribution in [0, 0.1) is 5.92 Å². The van der Waals surface area contributed by atoms with E-state index in [0.29, 0.717) is 0 Å². The maximum Gasteiger partial charge on any atom is 0.186 e. The quantitative estimate of drug-likeness (QED) is 0.927. The second-order valence-electron chi connectivity index (χ2n) is 4.20. The lowest BCUT2D eigenvalue weighted by Crippen LogP contribution is -2.38. The first-order valence-electron chi connectivity index (χ1n) is 5.86. The third-order valence-corrected chi connectivity index (χ3v) is 4.60. The van der Waals surface area contributed by atoms with E-state index in [-0.39, 0.29) is 0 Å². The van der Waals surface area contributed by atoms with Crippen molar-refractivity contribution >= 4 is 32.4 Å². The second kappa shape index (κ2) is 5.98. The van der Waals surface area contributed by atoms with Crippen LogP contribution in [0.3, 0.4) is 0 Å². The van der Waals surface area contributed by atoms with E-state index in [1.807, 2.05) is 0 Å². The molecule has 1 saturated heterocycles. The van der Waals surface area contributed by atoms with Gasteiger partial charge in [-0.15, -0.1) is 11.3 Å². The lowest BCUT2D eigenvalue weighted by atomic mass is 9.99. The number of halogens is 1. The van der Waals surface area contributed by atoms with Gasteiger partial charge in [-0.1, -0.05) is 0 Å². The molecule has 1 unspecified atom stereocenters. The van der Waals surface area contributed by atoms with Gasteiger partial charge in [-0.3, -0.25) is 0 Å². The molecule has 0 aromatic carbocycles. The summed E-state index contributed by atoms with van der Waals surface area (Å²) in [6.45, 7) is 6.71. The van der Waals surface area contributed by atoms with E-state index in [2.05, 4.69) is 43.4 Å². The number of nitrogens with one attached hydrogen (secondary N) is 1. The van der Waals surface area contributed by atoms with E-state index in [9.17, 15) is 0 Å². The number of thiazole rings is 1. The highest BCUT2D eigenvalue weighted by atomic mass is 79.9. The van der Waals surface area contributed by atoms with Gasteiger partial charge in [-0.05, 0) is 54.7 Å². The van der Waals surface area contributed by atoms with E-state index in [1.54, 1.807) is 11.3 Å². The van der Waals surface area contributed by atoms with Crippen LogP contribution in [-0.2, 0) is 0 Å². The van der Waals surface area contributed by atoms with Crippen molar-refractivity contribution in [2.45, 2.75) is 19.8 Å². The minimum Gasteiger partial charge on any atom is -0.348 e. The van der Waals surface area contributed by atoms with Gasteiger partial charge in [-0.2, -0.15) is 0 Å². The molecular formula is C11H18BrN3S. The standard InChI is InChI=1S/C11H18BrN3S/c1-2-15(11-14-10(12)8-16-11)7-9-4-3-5-13-6-9/h8-9,13H,2-7H2,1H3. The summed E-state index contributed by atoms with van der Waals surface area (Å²) in [4.78, 5) is 6.87. The molecule has 1 fully saturated rings. The van der Waals surface area contributed by atoms with E-state index in [4.69, 9.17) is 0 Å². The number of aromatic nitrogens is 1. The number of hydrogen-bond donors (Lipinski definition) is 1. The number of rotatable bonds is 4. The molecule has 0 spiro atoms. The smallest absolute Gasteiger partial charge is 0.186 e. The van der Waals surface area contributed by atoms with Crippen LogP contribution in [0.25, 0.3) is 0 Å². The molecule has 2 heterocycles. The second-order valence-corrected chi connectivity index (χ2v) is 5.85. The summed E-state index contributed by atoms with van der Waals surface area (Å²) in [5, 5.41) is 6.66. The Morgan fingerprint density at radius 1 is 1.69 bits per heavy atom. The topological polar surface area (TPSA) is 28.2 Å². The first-order valence-corrected chi connectivity index (χ1v) is 7.53. The van der Waals surface area contributed by atoms with Gasteiger partial charge in [0, 0.05) is 18.5 Å². The summed E-state index contributed by atoms with van der Waals surface area (Å²) in [5.74, 6) is 0.774. The third-order valence-electron chi connectivity index (χ3n) is 2.99. The molecule has 90 valence electrons. The normalized spacial score (nSPS) is 21.0. The monoisotopic (exact) mass is 303 g/mol. The minimum atomic E-state index is 0.774. The SMILES string of the molecule is CCN(CC1CCCNC1)c1nc(Br)cs1. The number of anilines is 1. The summed E-state index contributed by atoms with van der Waals surface area (Å²) < 4.78 is 0.952. The summed E-state index contributed by atoms with van der Waals surface area (Å²) >= 11 is 5.13. The minimum absolute atomic E-state index is 0.774. The molecule has 1 atom stereocenters. The van der Waals surface area contributed by atoms with Crippen LogP contribution < -0.4 is 10.2 Å². The largest absolute Gasteiger partial charge is 0.348 e. The zero-order valence-electron chi connectivity index (χ0n) is 9.58. The van der Waals surface area contributed by atoms with Crippen LogP contribution in [0.4, 0.5) is 5.13 Å². The van der Waals surface area contributed by atoms with Crippen molar-refractivity contribution < 1.29 is 0 Å². The van der Waals surface area contributed by atoms with Crippen LogP contribution in [0.15, 0.2) is 9.98 Å². The third kappa shape index (κ3) is 3.18. The fourth-order valence-electron chi connectivity index (χ4n) is 2.12. The molecule has 5 heteroatoms. The van der Waals surface area contributed by atoms with Crippen molar-refractivity contribution in [3.63, 3.8) is 0 Å². The van der Waals surface area contributed by atoms with Gasteiger partial charge in [0.15, 0.2) is 5.13 Å². The Hall–Kier alpha value is -0.130. The molecule has 0 saturated carbocycles. The summed E-state index contributed by atoms with van der Waals surface area (Å²) in [7, 11) is 0. The molecular weight excluding hydrogens is 286 g/mol. The first-order chi connectivity index (χ1) is 7.79. The molecule has 0 amide bonds. The van der Waals surface area contributed by atoms with E-state index in [0.717, 1.165) is 35.3 Å². The van der Waals surface area contributed by atoms with Gasteiger partial charge in [-0.25, -0.2) is 4.98 Å². The highest BCUT2D eigenvalue weighted by Crippen LogP contribution is 2.25. The molecule has 1 aromatic rings. The lowest BCUT2D eigenvalue weighted by Gasteiger charge is -2.29. The van der Waals surface area contributed by atoms with Crippen LogP contribution in [0.2, 0.25) is 0 Å². The van der Waals surface area contributed by atoms with Crippen LogP contribution >= 0.6 is 27.3 Å². The van der Waals surface area contributed by atoms with E-state index < -0.39 is 0 Å². The van der Waals surface area contributed by atoms with Crippen LogP contribution in [0.5, 0.6) is 0 Å². The van der Waals surface area contributed by atoms with Gasteiger partial charge in [0.1, 0.15) is 4.60 Å². The van der Waals surface area contributed by atoms with Crippen LogP contribution in [0.1, 0.15) is 19.8 Å². The molecule has 0 aliphatic carbocycles. The molecule has 1 N–H and O–H groups in total. The first kappa shape index (κ1) is 12.3. The van der Waals surface area contributed by atoms with Gasteiger partial charge in [0.05, 0.1) is 0 Å². The Morgan fingerprint density at radius 2 is 2.56 bits per heavy atom. The number of nitrogens with zero attached hydrogens (tertiary/aromatic N) is 2. The Labute approximate surface area is 109 Å². The van der Waals surface area contributed by atoms with Crippen molar-refractivity contribution in [3.8, 4) is 0 Å². The predicted octanol–water partition coefficient (Wildman–Crippen LogP) is 2.73. The van der Waals surface area contributed by atoms with Gasteiger partial charge >= 0.3 is 0 Å². The molecule has 0 bridgehead atoms. The molecule has 16 heavy (non-hydrogen) atoms. The maximum absolute atomic E-state index is 4.49. The van der Waals surface area contributed by atoms with E-state index >= 15 is 0 Å². The molecule has 2 rings (SSSR count). The van der Waals surface area contributed by atoms with Gasteiger partial charge in [0.25, 0.3) is 0 Å². The van der Waals surface area contributed by atoms with Crippen molar-refractivity contribution in [3.05, 3.63) is 9.98 Å². The van der Waals surface area contributed by atoms with Crippen LogP contribution in [-0.4, -0.2) is 31.2 Å². The maximum atomic E-state index is 4.49. The average Bonchev–Trinajstić information content (AvgIpc) is 2.74. The zero-order chi connectivity index (χ0) is 11.4. The number of hydrogen-bond acceptors (Lipinski definition) is 4. The van der Waals surface area contributed by atoms with Gasteiger partial charge in [0.2, 0.25) is 0 Å². The van der Waals surface area contributed by atoms with Crippen molar-refractivity contribution in [1.29, 1.82) is 0 Å². The Bertz CT molecular complexity index is 323. The lowest BCUT2D eigenvalue weighted by molar-refractivity contribution is 0.378. The molecule has 1 aliphatic rings.